The lowest BCUT2D eigenvalue weighted by Crippen LogP contribution is -2.45. The van der Waals surface area contributed by atoms with Gasteiger partial charge in [-0.25, -0.2) is 8.42 Å². The van der Waals surface area contributed by atoms with E-state index in [1.807, 2.05) is 37.3 Å². The fourth-order valence-corrected chi connectivity index (χ4v) is 4.94. The summed E-state index contributed by atoms with van der Waals surface area (Å²) in [5.74, 6) is -0.464. The summed E-state index contributed by atoms with van der Waals surface area (Å²) in [4.78, 5) is 12.9. The number of amides is 1. The van der Waals surface area contributed by atoms with Crippen LogP contribution in [0.4, 0.5) is 0 Å². The molecule has 1 N–H and O–H groups in total. The van der Waals surface area contributed by atoms with Gasteiger partial charge < -0.3 is 5.32 Å². The number of hydrogen-bond donors (Lipinski definition) is 1. The van der Waals surface area contributed by atoms with E-state index in [2.05, 4.69) is 5.32 Å². The lowest BCUT2D eigenvalue weighted by Gasteiger charge is -2.32. The highest BCUT2D eigenvalue weighted by molar-refractivity contribution is 7.89. The quantitative estimate of drug-likeness (QED) is 0.824. The van der Waals surface area contributed by atoms with E-state index in [1.165, 1.54) is 16.4 Å². The van der Waals surface area contributed by atoms with E-state index in [0.29, 0.717) is 24.4 Å². The molecule has 0 radical (unpaired) electrons. The van der Waals surface area contributed by atoms with Crippen LogP contribution in [-0.4, -0.2) is 31.7 Å². The first-order valence-corrected chi connectivity index (χ1v) is 10.8. The van der Waals surface area contributed by atoms with Crippen LogP contribution < -0.4 is 5.32 Å². The minimum absolute atomic E-state index is 0.109. The molecular formula is C20H23ClN2O3S. The second-order valence-corrected chi connectivity index (χ2v) is 9.17. The molecule has 0 bridgehead atoms. The van der Waals surface area contributed by atoms with Crippen LogP contribution in [0.2, 0.25) is 5.02 Å². The second-order valence-electron chi connectivity index (χ2n) is 6.80. The van der Waals surface area contributed by atoms with Crippen molar-refractivity contribution < 1.29 is 13.2 Å². The minimum Gasteiger partial charge on any atom is -0.349 e. The van der Waals surface area contributed by atoms with Crippen LogP contribution in [-0.2, 0) is 14.8 Å². The van der Waals surface area contributed by atoms with E-state index in [4.69, 9.17) is 11.6 Å². The molecule has 1 fully saturated rings. The first-order valence-electron chi connectivity index (χ1n) is 8.99. The van der Waals surface area contributed by atoms with E-state index in [9.17, 15) is 13.2 Å². The number of nitrogens with zero attached hydrogens (tertiary/aromatic N) is 1. The molecule has 0 saturated carbocycles. The van der Waals surface area contributed by atoms with Gasteiger partial charge in [-0.05, 0) is 49.6 Å². The average Bonchev–Trinajstić information content (AvgIpc) is 2.69. The molecule has 1 aliphatic heterocycles. The fourth-order valence-electron chi connectivity index (χ4n) is 3.29. The molecule has 0 aliphatic carbocycles. The molecule has 2 aromatic carbocycles. The van der Waals surface area contributed by atoms with Gasteiger partial charge in [-0.1, -0.05) is 41.9 Å². The van der Waals surface area contributed by atoms with Gasteiger partial charge in [0, 0.05) is 18.1 Å². The Morgan fingerprint density at radius 1 is 1.15 bits per heavy atom. The van der Waals surface area contributed by atoms with Crippen molar-refractivity contribution in [2.75, 3.05) is 13.1 Å². The SMILES string of the molecule is C[C@@H](NC(=O)[C@@H]1CCCN(S(=O)(=O)c2ccc(Cl)cc2)C1)c1ccccc1. The van der Waals surface area contributed by atoms with Gasteiger partial charge in [0.2, 0.25) is 15.9 Å². The van der Waals surface area contributed by atoms with Crippen LogP contribution in [0.15, 0.2) is 59.5 Å². The number of rotatable bonds is 5. The van der Waals surface area contributed by atoms with Crippen LogP contribution in [0.25, 0.3) is 0 Å². The maximum absolute atomic E-state index is 12.9. The summed E-state index contributed by atoms with van der Waals surface area (Å²) in [7, 11) is -3.63. The zero-order chi connectivity index (χ0) is 19.4. The molecule has 1 heterocycles. The van der Waals surface area contributed by atoms with E-state index >= 15 is 0 Å². The Morgan fingerprint density at radius 3 is 2.48 bits per heavy atom. The van der Waals surface area contributed by atoms with Crippen molar-refractivity contribution in [2.45, 2.75) is 30.7 Å². The normalized spacial score (nSPS) is 19.4. The van der Waals surface area contributed by atoms with E-state index in [-0.39, 0.29) is 29.3 Å². The largest absolute Gasteiger partial charge is 0.349 e. The predicted octanol–water partition coefficient (Wildman–Crippen LogP) is 3.62. The van der Waals surface area contributed by atoms with Gasteiger partial charge in [0.1, 0.15) is 0 Å². The average molecular weight is 407 g/mol. The fraction of sp³-hybridized carbons (Fsp3) is 0.350. The number of carbonyl (C=O) groups excluding carboxylic acids is 1. The standard InChI is InChI=1S/C20H23ClN2O3S/c1-15(16-6-3-2-4-7-16)22-20(24)17-8-5-13-23(14-17)27(25,26)19-11-9-18(21)10-12-19/h2-4,6-7,9-12,15,17H,5,8,13-14H2,1H3,(H,22,24)/t15-,17-/m1/s1. The van der Waals surface area contributed by atoms with Crippen molar-refractivity contribution in [1.29, 1.82) is 0 Å². The number of carbonyl (C=O) groups is 1. The molecule has 2 atom stereocenters. The number of hydrogen-bond acceptors (Lipinski definition) is 3. The molecule has 0 aromatic heterocycles. The highest BCUT2D eigenvalue weighted by Crippen LogP contribution is 2.25. The predicted molar refractivity (Wildman–Crippen MR) is 106 cm³/mol. The molecule has 144 valence electrons. The molecule has 5 nitrogen and oxygen atoms in total. The van der Waals surface area contributed by atoms with Crippen molar-refractivity contribution in [3.8, 4) is 0 Å². The van der Waals surface area contributed by atoms with Gasteiger partial charge >= 0.3 is 0 Å². The Labute approximate surface area is 165 Å². The summed E-state index contributed by atoms with van der Waals surface area (Å²) in [5.41, 5.74) is 1.02. The Morgan fingerprint density at radius 2 is 1.81 bits per heavy atom. The van der Waals surface area contributed by atoms with Crippen molar-refractivity contribution in [3.05, 3.63) is 65.2 Å². The molecule has 1 aliphatic rings. The van der Waals surface area contributed by atoms with Crippen LogP contribution in [0.1, 0.15) is 31.4 Å². The maximum atomic E-state index is 12.9. The summed E-state index contributed by atoms with van der Waals surface area (Å²) >= 11 is 5.85. The second kappa shape index (κ2) is 8.42. The molecule has 3 rings (SSSR count). The molecule has 0 unspecified atom stereocenters. The van der Waals surface area contributed by atoms with Crippen molar-refractivity contribution >= 4 is 27.5 Å². The molecule has 7 heteroatoms. The van der Waals surface area contributed by atoms with Crippen LogP contribution in [0.3, 0.4) is 0 Å². The third-order valence-electron chi connectivity index (χ3n) is 4.86. The van der Waals surface area contributed by atoms with E-state index < -0.39 is 10.0 Å². The van der Waals surface area contributed by atoms with Crippen LogP contribution in [0.5, 0.6) is 0 Å². The Balaban J connectivity index is 1.68. The summed E-state index contributed by atoms with van der Waals surface area (Å²) in [5, 5.41) is 3.49. The highest BCUT2D eigenvalue weighted by Gasteiger charge is 2.33. The van der Waals surface area contributed by atoms with Gasteiger partial charge in [-0.15, -0.1) is 0 Å². The van der Waals surface area contributed by atoms with E-state index in [1.54, 1.807) is 12.1 Å². The number of nitrogens with one attached hydrogen (secondary N) is 1. The number of sulfonamides is 1. The topological polar surface area (TPSA) is 66.5 Å². The number of halogens is 1. The summed E-state index contributed by atoms with van der Waals surface area (Å²) in [6.45, 7) is 2.54. The minimum atomic E-state index is -3.63. The van der Waals surface area contributed by atoms with Crippen molar-refractivity contribution in [2.24, 2.45) is 5.92 Å². The number of benzene rings is 2. The first-order chi connectivity index (χ1) is 12.9. The molecule has 2 aromatic rings. The summed E-state index contributed by atoms with van der Waals surface area (Å²) in [6, 6.07) is 15.7. The van der Waals surface area contributed by atoms with Gasteiger partial charge in [0.25, 0.3) is 0 Å². The Bertz CT molecular complexity index is 885. The molecule has 0 spiro atoms. The molecule has 1 saturated heterocycles. The summed E-state index contributed by atoms with van der Waals surface area (Å²) < 4.78 is 27.1. The Hall–Kier alpha value is -1.89. The van der Waals surface area contributed by atoms with E-state index in [0.717, 1.165) is 5.56 Å². The monoisotopic (exact) mass is 406 g/mol. The van der Waals surface area contributed by atoms with Gasteiger partial charge in [0.05, 0.1) is 16.9 Å². The highest BCUT2D eigenvalue weighted by atomic mass is 35.5. The lowest BCUT2D eigenvalue weighted by molar-refractivity contribution is -0.126. The zero-order valence-electron chi connectivity index (χ0n) is 15.1. The first kappa shape index (κ1) is 19.9. The molecule has 27 heavy (non-hydrogen) atoms. The molecule has 1 amide bonds. The van der Waals surface area contributed by atoms with Crippen molar-refractivity contribution in [3.63, 3.8) is 0 Å². The summed E-state index contributed by atoms with van der Waals surface area (Å²) in [6.07, 6.45) is 1.34. The van der Waals surface area contributed by atoms with Crippen LogP contribution in [0, 0.1) is 5.92 Å². The van der Waals surface area contributed by atoms with Gasteiger partial charge in [-0.2, -0.15) is 4.31 Å². The van der Waals surface area contributed by atoms with Gasteiger partial charge in [0.15, 0.2) is 0 Å². The zero-order valence-corrected chi connectivity index (χ0v) is 16.7. The smallest absolute Gasteiger partial charge is 0.243 e. The van der Waals surface area contributed by atoms with Crippen LogP contribution >= 0.6 is 11.6 Å². The van der Waals surface area contributed by atoms with Gasteiger partial charge in [-0.3, -0.25) is 4.79 Å². The van der Waals surface area contributed by atoms with Crippen molar-refractivity contribution in [1.82, 2.24) is 9.62 Å². The lowest BCUT2D eigenvalue weighted by atomic mass is 9.98. The molecular weight excluding hydrogens is 384 g/mol. The third-order valence-corrected chi connectivity index (χ3v) is 7.00. The Kier molecular flexibility index (Phi) is 6.19. The third kappa shape index (κ3) is 4.69. The number of piperidine rings is 1. The maximum Gasteiger partial charge on any atom is 0.243 e.